The molecule has 16 heavy (non-hydrogen) atoms. The molecule has 1 aromatic carbocycles. The number of hydrogen-bond acceptors (Lipinski definition) is 2. The molecule has 4 heteroatoms. The van der Waals surface area contributed by atoms with E-state index >= 15 is 0 Å². The minimum absolute atomic E-state index is 0.142. The summed E-state index contributed by atoms with van der Waals surface area (Å²) in [5, 5.41) is 0. The fraction of sp³-hybridized carbons (Fsp3) is 0.333. The summed E-state index contributed by atoms with van der Waals surface area (Å²) < 4.78 is 0. The quantitative estimate of drug-likeness (QED) is 0.428. The van der Waals surface area contributed by atoms with Crippen LogP contribution in [0.3, 0.4) is 0 Å². The molecule has 0 atom stereocenters. The zero-order valence-corrected chi connectivity index (χ0v) is 9.40. The number of carbonyl (C=O) groups excluding carboxylic acids is 2. The number of imide groups is 1. The number of hydrogen-bond donors (Lipinski definition) is 0. The molecule has 0 saturated carbocycles. The van der Waals surface area contributed by atoms with Gasteiger partial charge in [-0.1, -0.05) is 24.9 Å². The number of nitrogens with zero attached hydrogens (tertiary/aromatic N) is 1. The van der Waals surface area contributed by atoms with E-state index in [9.17, 15) is 9.59 Å². The monoisotopic (exact) mass is 215 g/mol. The first-order valence-corrected chi connectivity index (χ1v) is 5.71. The number of amides is 2. The number of rotatable bonds is 4. The van der Waals surface area contributed by atoms with Crippen molar-refractivity contribution >= 4 is 19.7 Å². The number of benzene rings is 1. The van der Waals surface area contributed by atoms with Crippen LogP contribution in [-0.2, 0) is 0 Å². The van der Waals surface area contributed by atoms with Crippen LogP contribution < -0.4 is 0 Å². The molecule has 2 amide bonds. The lowest BCUT2D eigenvalue weighted by molar-refractivity contribution is 0.0652. The molecule has 82 valence electrons. The maximum atomic E-state index is 11.9. The summed E-state index contributed by atoms with van der Waals surface area (Å²) in [5.41, 5.74) is 1.09. The van der Waals surface area contributed by atoms with Crippen LogP contribution in [0.25, 0.3) is 0 Å². The highest BCUT2D eigenvalue weighted by Gasteiger charge is 2.34. The molecule has 3 nitrogen and oxygen atoms in total. The normalized spacial score (nSPS) is 14.4. The fourth-order valence-corrected chi connectivity index (χ4v) is 1.96. The second kappa shape index (κ2) is 4.52. The van der Waals surface area contributed by atoms with E-state index in [1.807, 2.05) is 0 Å². The summed E-state index contributed by atoms with van der Waals surface area (Å²) in [6, 6.07) is 7.02. The van der Waals surface area contributed by atoms with Crippen LogP contribution in [0.1, 0.15) is 33.6 Å². The minimum Gasteiger partial charge on any atom is -0.274 e. The summed E-state index contributed by atoms with van der Waals surface area (Å²) in [6.45, 7) is 0.542. The Morgan fingerprint density at radius 2 is 1.56 bits per heavy atom. The maximum Gasteiger partial charge on any atom is 0.261 e. The van der Waals surface area contributed by atoms with Crippen LogP contribution in [0.15, 0.2) is 24.3 Å². The molecule has 1 heterocycles. The van der Waals surface area contributed by atoms with E-state index in [-0.39, 0.29) is 11.8 Å². The third-order valence-corrected chi connectivity index (χ3v) is 2.86. The molecule has 1 aliphatic rings. The molecule has 0 aliphatic carbocycles. The summed E-state index contributed by atoms with van der Waals surface area (Å²) in [5.74, 6) is -0.284. The van der Waals surface area contributed by atoms with E-state index in [2.05, 4.69) is 7.85 Å². The predicted octanol–water partition coefficient (Wildman–Crippen LogP) is 1.11. The van der Waals surface area contributed by atoms with Gasteiger partial charge in [0.1, 0.15) is 7.85 Å². The average molecular weight is 215 g/mol. The molecular weight excluding hydrogens is 201 g/mol. The molecule has 0 unspecified atom stereocenters. The molecule has 1 aromatic rings. The SMILES string of the molecule is BCCCCN1C(=O)c2ccccc2C1=O. The van der Waals surface area contributed by atoms with Gasteiger partial charge in [-0.05, 0) is 18.6 Å². The van der Waals surface area contributed by atoms with E-state index in [0.717, 1.165) is 19.2 Å². The fourth-order valence-electron chi connectivity index (χ4n) is 1.96. The van der Waals surface area contributed by atoms with Crippen molar-refractivity contribution in [2.45, 2.75) is 19.2 Å². The third kappa shape index (κ3) is 1.75. The predicted molar refractivity (Wildman–Crippen MR) is 64.4 cm³/mol. The molecular formula is C12H14BNO2. The largest absolute Gasteiger partial charge is 0.274 e. The van der Waals surface area contributed by atoms with Gasteiger partial charge in [-0.3, -0.25) is 14.5 Å². The lowest BCUT2D eigenvalue weighted by Crippen LogP contribution is -2.30. The van der Waals surface area contributed by atoms with Crippen molar-refractivity contribution in [1.82, 2.24) is 4.90 Å². The zero-order valence-electron chi connectivity index (χ0n) is 9.40. The summed E-state index contributed by atoms with van der Waals surface area (Å²) in [7, 11) is 2.10. The number of fused-ring (bicyclic) bond motifs is 1. The van der Waals surface area contributed by atoms with Crippen molar-refractivity contribution in [3.05, 3.63) is 35.4 Å². The van der Waals surface area contributed by atoms with Crippen LogP contribution >= 0.6 is 0 Å². The highest BCUT2D eigenvalue weighted by molar-refractivity contribution is 6.21. The van der Waals surface area contributed by atoms with Crippen molar-refractivity contribution in [3.8, 4) is 0 Å². The Bertz CT molecular complexity index is 396. The van der Waals surface area contributed by atoms with Crippen LogP contribution in [0, 0.1) is 0 Å². The van der Waals surface area contributed by atoms with Crippen molar-refractivity contribution in [2.24, 2.45) is 0 Å². The van der Waals surface area contributed by atoms with E-state index in [1.165, 1.54) is 4.90 Å². The molecule has 0 saturated heterocycles. The van der Waals surface area contributed by atoms with Crippen molar-refractivity contribution in [1.29, 1.82) is 0 Å². The molecule has 0 bridgehead atoms. The van der Waals surface area contributed by atoms with Crippen molar-refractivity contribution < 1.29 is 9.59 Å². The van der Waals surface area contributed by atoms with Gasteiger partial charge in [0.2, 0.25) is 0 Å². The van der Waals surface area contributed by atoms with E-state index in [1.54, 1.807) is 24.3 Å². The summed E-state index contributed by atoms with van der Waals surface area (Å²) >= 11 is 0. The first kappa shape index (κ1) is 10.9. The van der Waals surface area contributed by atoms with Crippen LogP contribution in [0.5, 0.6) is 0 Å². The first-order valence-electron chi connectivity index (χ1n) is 5.71. The Morgan fingerprint density at radius 1 is 1.00 bits per heavy atom. The van der Waals surface area contributed by atoms with Gasteiger partial charge in [-0.2, -0.15) is 0 Å². The maximum absolute atomic E-state index is 11.9. The average Bonchev–Trinajstić information content (AvgIpc) is 2.55. The Labute approximate surface area is 95.8 Å². The summed E-state index contributed by atoms with van der Waals surface area (Å²) in [4.78, 5) is 25.2. The standard InChI is InChI=1S/C12H14BNO2/c13-7-3-4-8-14-11(15)9-5-1-2-6-10(9)12(14)16/h1-2,5-6H,3-4,7-8,13H2. The highest BCUT2D eigenvalue weighted by Crippen LogP contribution is 2.22. The molecule has 1 aliphatic heterocycles. The Balaban J connectivity index is 2.15. The Hall–Kier alpha value is -1.58. The van der Waals surface area contributed by atoms with Gasteiger partial charge in [0.05, 0.1) is 11.1 Å². The topological polar surface area (TPSA) is 37.4 Å². The van der Waals surface area contributed by atoms with Gasteiger partial charge < -0.3 is 0 Å². The minimum atomic E-state index is -0.142. The molecule has 0 fully saturated rings. The van der Waals surface area contributed by atoms with E-state index in [0.29, 0.717) is 17.7 Å². The molecule has 2 rings (SSSR count). The van der Waals surface area contributed by atoms with Gasteiger partial charge in [-0.15, -0.1) is 0 Å². The lowest BCUT2D eigenvalue weighted by Gasteiger charge is -2.12. The van der Waals surface area contributed by atoms with Crippen LogP contribution in [0.4, 0.5) is 0 Å². The van der Waals surface area contributed by atoms with Crippen LogP contribution in [-0.4, -0.2) is 31.1 Å². The Morgan fingerprint density at radius 3 is 2.06 bits per heavy atom. The zero-order chi connectivity index (χ0) is 11.5. The lowest BCUT2D eigenvalue weighted by atomic mass is 10.0. The molecule has 0 N–H and O–H groups in total. The molecule has 0 spiro atoms. The molecule has 0 radical (unpaired) electrons. The Kier molecular flexibility index (Phi) is 3.08. The van der Waals surface area contributed by atoms with E-state index < -0.39 is 0 Å². The third-order valence-electron chi connectivity index (χ3n) is 2.86. The molecule has 0 aromatic heterocycles. The second-order valence-corrected chi connectivity index (χ2v) is 4.01. The number of unbranched alkanes of at least 4 members (excludes halogenated alkanes) is 1. The smallest absolute Gasteiger partial charge is 0.261 e. The van der Waals surface area contributed by atoms with Crippen molar-refractivity contribution in [3.63, 3.8) is 0 Å². The first-order chi connectivity index (χ1) is 7.75. The highest BCUT2D eigenvalue weighted by atomic mass is 16.2. The van der Waals surface area contributed by atoms with Crippen LogP contribution in [0.2, 0.25) is 6.32 Å². The van der Waals surface area contributed by atoms with Gasteiger partial charge in [-0.25, -0.2) is 0 Å². The second-order valence-electron chi connectivity index (χ2n) is 4.01. The van der Waals surface area contributed by atoms with E-state index in [4.69, 9.17) is 0 Å². The van der Waals surface area contributed by atoms with Gasteiger partial charge >= 0.3 is 0 Å². The number of carbonyl (C=O) groups is 2. The van der Waals surface area contributed by atoms with Gasteiger partial charge in [0, 0.05) is 6.54 Å². The van der Waals surface area contributed by atoms with Gasteiger partial charge in [0.15, 0.2) is 0 Å². The van der Waals surface area contributed by atoms with Crippen molar-refractivity contribution in [2.75, 3.05) is 6.54 Å². The van der Waals surface area contributed by atoms with Gasteiger partial charge in [0.25, 0.3) is 11.8 Å². The summed E-state index contributed by atoms with van der Waals surface area (Å²) in [6.07, 6.45) is 3.03.